The fraction of sp³-hybridized carbons (Fsp3) is 0. The summed E-state index contributed by atoms with van der Waals surface area (Å²) in [5.74, 6) is 0. The Morgan fingerprint density at radius 1 is 0.383 bits per heavy atom. The number of benzene rings is 7. The molecule has 10 rings (SSSR count). The monoisotopic (exact) mass is 597 g/mol. The molecule has 0 amide bonds. The average Bonchev–Trinajstić information content (AvgIpc) is 3.72. The third-order valence-electron chi connectivity index (χ3n) is 9.65. The minimum atomic E-state index is 0.844. The van der Waals surface area contributed by atoms with Gasteiger partial charge in [-0.3, -0.25) is 0 Å². The summed E-state index contributed by atoms with van der Waals surface area (Å²) in [5, 5.41) is 9.53. The van der Waals surface area contributed by atoms with E-state index < -0.39 is 0 Å². The summed E-state index contributed by atoms with van der Waals surface area (Å²) in [4.78, 5) is 4.78. The Balaban J connectivity index is 1.23. The molecule has 2 aromatic heterocycles. The lowest BCUT2D eigenvalue weighted by Crippen LogP contribution is -1.93. The van der Waals surface area contributed by atoms with E-state index in [1.54, 1.807) is 6.20 Å². The van der Waals surface area contributed by atoms with Crippen molar-refractivity contribution in [3.8, 4) is 66.9 Å². The highest BCUT2D eigenvalue weighted by Gasteiger charge is 2.31. The van der Waals surface area contributed by atoms with Gasteiger partial charge < -0.3 is 0 Å². The van der Waals surface area contributed by atoms with Gasteiger partial charge in [-0.1, -0.05) is 140 Å². The number of rotatable bonds is 4. The van der Waals surface area contributed by atoms with E-state index in [0.29, 0.717) is 0 Å². The molecule has 0 aliphatic heterocycles. The fourth-order valence-electron chi connectivity index (χ4n) is 7.65. The number of hydrogen-bond acceptors (Lipinski definition) is 2. The highest BCUT2D eigenvalue weighted by molar-refractivity contribution is 6.28. The van der Waals surface area contributed by atoms with Crippen LogP contribution in [0.3, 0.4) is 0 Å². The molecule has 0 unspecified atom stereocenters. The van der Waals surface area contributed by atoms with Crippen molar-refractivity contribution >= 4 is 27.2 Å². The predicted octanol–water partition coefficient (Wildman–Crippen LogP) is 11.4. The van der Waals surface area contributed by atoms with E-state index in [1.165, 1.54) is 77.2 Å². The number of hydrogen-bond donors (Lipinski definition) is 0. The van der Waals surface area contributed by atoms with Crippen molar-refractivity contribution < 1.29 is 0 Å². The van der Waals surface area contributed by atoms with Crippen LogP contribution < -0.4 is 0 Å². The van der Waals surface area contributed by atoms with Gasteiger partial charge in [-0.2, -0.15) is 5.10 Å². The van der Waals surface area contributed by atoms with Gasteiger partial charge in [0.1, 0.15) is 0 Å². The molecule has 0 spiro atoms. The highest BCUT2D eigenvalue weighted by Crippen LogP contribution is 2.58. The first-order valence-corrected chi connectivity index (χ1v) is 16.0. The smallest absolute Gasteiger partial charge is 0.154 e. The van der Waals surface area contributed by atoms with E-state index >= 15 is 0 Å². The topological polar surface area (TPSA) is 30.2 Å². The molecule has 0 atom stereocenters. The summed E-state index contributed by atoms with van der Waals surface area (Å²) in [5.41, 5.74) is 15.6. The summed E-state index contributed by atoms with van der Waals surface area (Å²) >= 11 is 0. The van der Waals surface area contributed by atoms with Gasteiger partial charge in [-0.05, 0) is 89.3 Å². The molecule has 0 radical (unpaired) electrons. The van der Waals surface area contributed by atoms with E-state index in [9.17, 15) is 0 Å². The van der Waals surface area contributed by atoms with Crippen LogP contribution in [0.4, 0.5) is 0 Å². The van der Waals surface area contributed by atoms with Gasteiger partial charge >= 0.3 is 0 Å². The van der Waals surface area contributed by atoms with Crippen LogP contribution in [0.25, 0.3) is 94.1 Å². The van der Waals surface area contributed by atoms with Gasteiger partial charge in [0.2, 0.25) is 0 Å². The van der Waals surface area contributed by atoms with Crippen molar-refractivity contribution in [1.82, 2.24) is 14.6 Å². The minimum Gasteiger partial charge on any atom is -0.227 e. The van der Waals surface area contributed by atoms with Crippen LogP contribution in [-0.2, 0) is 0 Å². The van der Waals surface area contributed by atoms with Gasteiger partial charge in [0.25, 0.3) is 0 Å². The molecule has 1 aliphatic carbocycles. The molecule has 0 N–H and O–H groups in total. The third-order valence-corrected chi connectivity index (χ3v) is 9.65. The maximum Gasteiger partial charge on any atom is 0.154 e. The molecule has 1 aliphatic rings. The van der Waals surface area contributed by atoms with Gasteiger partial charge in [0.15, 0.2) is 5.65 Å². The zero-order valence-corrected chi connectivity index (χ0v) is 25.4. The second kappa shape index (κ2) is 10.1. The first-order chi connectivity index (χ1) is 23.3. The Hall–Kier alpha value is -6.32. The van der Waals surface area contributed by atoms with Crippen LogP contribution in [-0.4, -0.2) is 14.6 Å². The first kappa shape index (κ1) is 26.0. The Morgan fingerprint density at radius 2 is 0.957 bits per heavy atom. The SMILES string of the molecule is c1ccc(-c2c3c(c(-c4ccccc4)c4ccccc24)-c2ccc(-c4ccc(-c5cn6ncccc6n5)cc4)c4cccc-3c24)cc1. The fourth-order valence-corrected chi connectivity index (χ4v) is 7.65. The Labute approximate surface area is 272 Å². The Bertz CT molecular complexity index is 2530. The Morgan fingerprint density at radius 3 is 1.62 bits per heavy atom. The molecule has 0 bridgehead atoms. The van der Waals surface area contributed by atoms with Crippen molar-refractivity contribution in [2.45, 2.75) is 0 Å². The van der Waals surface area contributed by atoms with Crippen LogP contribution in [0.1, 0.15) is 0 Å². The number of fused-ring (bicyclic) bond motifs is 5. The van der Waals surface area contributed by atoms with Crippen molar-refractivity contribution in [2.24, 2.45) is 0 Å². The number of imidazole rings is 1. The zero-order chi connectivity index (χ0) is 30.9. The quantitative estimate of drug-likeness (QED) is 0.202. The molecule has 3 nitrogen and oxygen atoms in total. The van der Waals surface area contributed by atoms with Crippen LogP contribution in [0.15, 0.2) is 164 Å². The average molecular weight is 598 g/mol. The van der Waals surface area contributed by atoms with Crippen LogP contribution >= 0.6 is 0 Å². The normalized spacial score (nSPS) is 11.8. The van der Waals surface area contributed by atoms with E-state index in [4.69, 9.17) is 4.98 Å². The standard InChI is InChI=1S/C44H27N3/c1-3-11-30(12-4-1)40-34-15-7-8-16-35(34)41(31-13-5-2-6-14-31)44-37-25-24-32(33-17-9-18-36(42(33)37)43(40)44)28-20-22-29(23-21-28)38-27-47-39(46-38)19-10-26-45-47/h1-27H. The van der Waals surface area contributed by atoms with Crippen molar-refractivity contribution in [2.75, 3.05) is 0 Å². The van der Waals surface area contributed by atoms with E-state index in [2.05, 4.69) is 145 Å². The van der Waals surface area contributed by atoms with Crippen LogP contribution in [0.2, 0.25) is 0 Å². The summed E-state index contributed by atoms with van der Waals surface area (Å²) < 4.78 is 1.82. The zero-order valence-electron chi connectivity index (χ0n) is 25.4. The van der Waals surface area contributed by atoms with Crippen molar-refractivity contribution in [3.63, 3.8) is 0 Å². The second-order valence-electron chi connectivity index (χ2n) is 12.2. The molecule has 218 valence electrons. The molecular formula is C44H27N3. The molecule has 0 fully saturated rings. The van der Waals surface area contributed by atoms with Gasteiger partial charge in [0, 0.05) is 11.8 Å². The lowest BCUT2D eigenvalue weighted by atomic mass is 9.82. The highest BCUT2D eigenvalue weighted by atomic mass is 15.2. The lowest BCUT2D eigenvalue weighted by molar-refractivity contribution is 0.936. The van der Waals surface area contributed by atoms with Crippen LogP contribution in [0.5, 0.6) is 0 Å². The second-order valence-corrected chi connectivity index (χ2v) is 12.2. The summed E-state index contributed by atoms with van der Waals surface area (Å²) in [6.07, 6.45) is 3.77. The summed E-state index contributed by atoms with van der Waals surface area (Å²) in [6.45, 7) is 0. The van der Waals surface area contributed by atoms with Crippen molar-refractivity contribution in [1.29, 1.82) is 0 Å². The minimum absolute atomic E-state index is 0.844. The number of aromatic nitrogens is 3. The maximum atomic E-state index is 4.78. The summed E-state index contributed by atoms with van der Waals surface area (Å²) in [6, 6.07) is 54.9. The van der Waals surface area contributed by atoms with E-state index in [-0.39, 0.29) is 0 Å². The molecule has 2 heterocycles. The molecule has 7 aromatic carbocycles. The van der Waals surface area contributed by atoms with Gasteiger partial charge in [-0.15, -0.1) is 0 Å². The van der Waals surface area contributed by atoms with E-state index in [0.717, 1.165) is 16.9 Å². The maximum absolute atomic E-state index is 4.78. The lowest BCUT2D eigenvalue weighted by Gasteiger charge is -2.20. The van der Waals surface area contributed by atoms with Gasteiger partial charge in [0.05, 0.1) is 11.9 Å². The third kappa shape index (κ3) is 3.87. The molecule has 9 aromatic rings. The molecule has 3 heteroatoms. The molecule has 0 saturated carbocycles. The summed E-state index contributed by atoms with van der Waals surface area (Å²) in [7, 11) is 0. The van der Waals surface area contributed by atoms with Gasteiger partial charge in [-0.25, -0.2) is 9.50 Å². The Kier molecular flexibility index (Phi) is 5.57. The first-order valence-electron chi connectivity index (χ1n) is 16.0. The molecule has 0 saturated heterocycles. The van der Waals surface area contributed by atoms with Crippen molar-refractivity contribution in [3.05, 3.63) is 164 Å². The van der Waals surface area contributed by atoms with Crippen LogP contribution in [0, 0.1) is 0 Å². The largest absolute Gasteiger partial charge is 0.227 e. The predicted molar refractivity (Wildman–Crippen MR) is 194 cm³/mol. The number of nitrogens with zero attached hydrogens (tertiary/aromatic N) is 3. The molecule has 47 heavy (non-hydrogen) atoms. The molecular weight excluding hydrogens is 571 g/mol. The van der Waals surface area contributed by atoms with E-state index in [1.807, 2.05) is 22.8 Å².